The molecule has 1 aliphatic rings. The third kappa shape index (κ3) is 5.71. The monoisotopic (exact) mass is 253 g/mol. The van der Waals surface area contributed by atoms with Crippen molar-refractivity contribution in [2.75, 3.05) is 13.1 Å². The fourth-order valence-corrected chi connectivity index (χ4v) is 2.23. The lowest BCUT2D eigenvalue weighted by molar-refractivity contribution is 0.520. The molecule has 0 aliphatic carbocycles. The molecule has 0 bridgehead atoms. The summed E-state index contributed by atoms with van der Waals surface area (Å²) in [6, 6.07) is 21.1. The first-order valence-electron chi connectivity index (χ1n) is 7.24. The summed E-state index contributed by atoms with van der Waals surface area (Å²) in [6.45, 7) is 2.50. The maximum absolute atomic E-state index is 3.28. The summed E-state index contributed by atoms with van der Waals surface area (Å²) >= 11 is 0. The van der Waals surface area contributed by atoms with Gasteiger partial charge in [0.2, 0.25) is 0 Å². The van der Waals surface area contributed by atoms with Crippen molar-refractivity contribution in [3.8, 4) is 0 Å². The Labute approximate surface area is 116 Å². The molecular weight excluding hydrogens is 230 g/mol. The van der Waals surface area contributed by atoms with Gasteiger partial charge in [0.15, 0.2) is 0 Å². The van der Waals surface area contributed by atoms with Crippen LogP contribution in [0.25, 0.3) is 0 Å². The van der Waals surface area contributed by atoms with Crippen molar-refractivity contribution in [1.82, 2.24) is 5.32 Å². The molecule has 1 aliphatic heterocycles. The zero-order chi connectivity index (χ0) is 13.2. The lowest BCUT2D eigenvalue weighted by Crippen LogP contribution is -2.21. The van der Waals surface area contributed by atoms with Gasteiger partial charge in [0.05, 0.1) is 0 Å². The van der Waals surface area contributed by atoms with Crippen LogP contribution in [-0.4, -0.2) is 13.1 Å². The van der Waals surface area contributed by atoms with Gasteiger partial charge in [-0.3, -0.25) is 0 Å². The molecule has 1 nitrogen and oxygen atoms in total. The number of benzene rings is 2. The molecule has 0 unspecified atom stereocenters. The van der Waals surface area contributed by atoms with Crippen molar-refractivity contribution < 1.29 is 0 Å². The Morgan fingerprint density at radius 3 is 1.42 bits per heavy atom. The smallest absolute Gasteiger partial charge is 0.00258 e. The SMILES string of the molecule is C1CCNCC1.c1ccc(Cc2ccccc2)cc1. The molecular formula is C18H23N. The quantitative estimate of drug-likeness (QED) is 0.852. The second kappa shape index (κ2) is 8.49. The van der Waals surface area contributed by atoms with E-state index in [1.54, 1.807) is 0 Å². The molecule has 100 valence electrons. The van der Waals surface area contributed by atoms with E-state index in [0.717, 1.165) is 6.42 Å². The van der Waals surface area contributed by atoms with E-state index in [2.05, 4.69) is 66.0 Å². The highest BCUT2D eigenvalue weighted by molar-refractivity contribution is 5.25. The van der Waals surface area contributed by atoms with Gasteiger partial charge in [0, 0.05) is 0 Å². The molecule has 2 aromatic carbocycles. The first kappa shape index (κ1) is 13.8. The van der Waals surface area contributed by atoms with E-state index >= 15 is 0 Å². The first-order valence-corrected chi connectivity index (χ1v) is 7.24. The summed E-state index contributed by atoms with van der Waals surface area (Å²) < 4.78 is 0. The highest BCUT2D eigenvalue weighted by atomic mass is 14.9. The predicted octanol–water partition coefficient (Wildman–Crippen LogP) is 4.04. The van der Waals surface area contributed by atoms with Crippen LogP contribution in [0.3, 0.4) is 0 Å². The van der Waals surface area contributed by atoms with Gasteiger partial charge in [0.1, 0.15) is 0 Å². The van der Waals surface area contributed by atoms with E-state index in [1.807, 2.05) is 0 Å². The fraction of sp³-hybridized carbons (Fsp3) is 0.333. The molecule has 1 N–H and O–H groups in total. The zero-order valence-electron chi connectivity index (χ0n) is 11.5. The van der Waals surface area contributed by atoms with Crippen LogP contribution in [0.15, 0.2) is 60.7 Å². The largest absolute Gasteiger partial charge is 0.317 e. The minimum absolute atomic E-state index is 1.03. The van der Waals surface area contributed by atoms with E-state index in [4.69, 9.17) is 0 Å². The Balaban J connectivity index is 0.000000186. The van der Waals surface area contributed by atoms with Crippen LogP contribution < -0.4 is 5.32 Å². The van der Waals surface area contributed by atoms with E-state index in [-0.39, 0.29) is 0 Å². The molecule has 3 rings (SSSR count). The van der Waals surface area contributed by atoms with Crippen molar-refractivity contribution in [3.05, 3.63) is 71.8 Å². The third-order valence-electron chi connectivity index (χ3n) is 3.30. The topological polar surface area (TPSA) is 12.0 Å². The van der Waals surface area contributed by atoms with E-state index in [1.165, 1.54) is 43.5 Å². The number of hydrogen-bond acceptors (Lipinski definition) is 1. The average molecular weight is 253 g/mol. The summed E-state index contributed by atoms with van der Waals surface area (Å²) in [5.74, 6) is 0. The second-order valence-corrected chi connectivity index (χ2v) is 4.96. The van der Waals surface area contributed by atoms with Crippen molar-refractivity contribution in [2.45, 2.75) is 25.7 Å². The molecule has 0 radical (unpaired) electrons. The van der Waals surface area contributed by atoms with Gasteiger partial charge >= 0.3 is 0 Å². The normalized spacial score (nSPS) is 14.3. The number of nitrogens with one attached hydrogen (secondary N) is 1. The molecule has 0 saturated carbocycles. The van der Waals surface area contributed by atoms with Crippen LogP contribution in [0, 0.1) is 0 Å². The highest BCUT2D eigenvalue weighted by Crippen LogP contribution is 2.07. The zero-order valence-corrected chi connectivity index (χ0v) is 11.5. The molecule has 0 amide bonds. The van der Waals surface area contributed by atoms with Gasteiger partial charge in [-0.2, -0.15) is 0 Å². The average Bonchev–Trinajstić information content (AvgIpc) is 2.52. The first-order chi connectivity index (χ1) is 9.45. The standard InChI is InChI=1S/C13H12.C5H11N/c1-3-7-12(8-4-1)11-13-9-5-2-6-10-13;1-2-4-6-5-3-1/h1-10H,11H2;6H,1-5H2. The Morgan fingerprint density at radius 1 is 0.632 bits per heavy atom. The van der Waals surface area contributed by atoms with E-state index in [9.17, 15) is 0 Å². The van der Waals surface area contributed by atoms with Gasteiger partial charge < -0.3 is 5.32 Å². The van der Waals surface area contributed by atoms with Crippen LogP contribution >= 0.6 is 0 Å². The maximum atomic E-state index is 3.28. The van der Waals surface area contributed by atoms with Gasteiger partial charge in [-0.25, -0.2) is 0 Å². The van der Waals surface area contributed by atoms with Crippen LogP contribution in [0.4, 0.5) is 0 Å². The number of rotatable bonds is 2. The van der Waals surface area contributed by atoms with Crippen LogP contribution in [0.2, 0.25) is 0 Å². The minimum Gasteiger partial charge on any atom is -0.317 e. The Hall–Kier alpha value is -1.60. The maximum Gasteiger partial charge on any atom is -0.00258 e. The summed E-state index contributed by atoms with van der Waals surface area (Å²) in [7, 11) is 0. The second-order valence-electron chi connectivity index (χ2n) is 4.96. The van der Waals surface area contributed by atoms with E-state index < -0.39 is 0 Å². The van der Waals surface area contributed by atoms with Crippen LogP contribution in [-0.2, 0) is 6.42 Å². The van der Waals surface area contributed by atoms with E-state index in [0.29, 0.717) is 0 Å². The molecule has 19 heavy (non-hydrogen) atoms. The molecule has 0 atom stereocenters. The van der Waals surface area contributed by atoms with Gasteiger partial charge in [-0.1, -0.05) is 67.1 Å². The summed E-state index contributed by atoms with van der Waals surface area (Å²) in [5, 5.41) is 3.28. The Kier molecular flexibility index (Phi) is 6.18. The minimum atomic E-state index is 1.03. The Morgan fingerprint density at radius 2 is 1.11 bits per heavy atom. The molecule has 1 heterocycles. The molecule has 1 fully saturated rings. The predicted molar refractivity (Wildman–Crippen MR) is 82.4 cm³/mol. The molecule has 1 saturated heterocycles. The highest BCUT2D eigenvalue weighted by Gasteiger charge is 1.94. The van der Waals surface area contributed by atoms with Crippen LogP contribution in [0.5, 0.6) is 0 Å². The van der Waals surface area contributed by atoms with Gasteiger partial charge in [-0.05, 0) is 43.5 Å². The summed E-state index contributed by atoms with van der Waals surface area (Å²) in [5.41, 5.74) is 2.74. The van der Waals surface area contributed by atoms with Crippen molar-refractivity contribution in [1.29, 1.82) is 0 Å². The molecule has 0 spiro atoms. The molecule has 1 heteroatoms. The third-order valence-corrected chi connectivity index (χ3v) is 3.30. The van der Waals surface area contributed by atoms with Crippen molar-refractivity contribution >= 4 is 0 Å². The Bertz CT molecular complexity index is 383. The van der Waals surface area contributed by atoms with Gasteiger partial charge in [-0.15, -0.1) is 0 Å². The molecule has 2 aromatic rings. The lowest BCUT2D eigenvalue weighted by Gasteiger charge is -2.08. The lowest BCUT2D eigenvalue weighted by atomic mass is 10.1. The summed E-state index contributed by atoms with van der Waals surface area (Å²) in [4.78, 5) is 0. The number of piperidine rings is 1. The van der Waals surface area contributed by atoms with Crippen molar-refractivity contribution in [3.63, 3.8) is 0 Å². The van der Waals surface area contributed by atoms with Crippen LogP contribution in [0.1, 0.15) is 30.4 Å². The summed E-state index contributed by atoms with van der Waals surface area (Å²) in [6.07, 6.45) is 5.24. The number of hydrogen-bond donors (Lipinski definition) is 1. The van der Waals surface area contributed by atoms with Gasteiger partial charge in [0.25, 0.3) is 0 Å². The van der Waals surface area contributed by atoms with Crippen molar-refractivity contribution in [2.24, 2.45) is 0 Å². The molecule has 0 aromatic heterocycles. The fourth-order valence-electron chi connectivity index (χ4n) is 2.23.